The van der Waals surface area contributed by atoms with Crippen molar-refractivity contribution in [3.05, 3.63) is 46.0 Å². The lowest BCUT2D eigenvalue weighted by molar-refractivity contribution is -0.141. The Hall–Kier alpha value is -2.97. The molecule has 0 radical (unpaired) electrons. The van der Waals surface area contributed by atoms with Gasteiger partial charge < -0.3 is 14.3 Å². The van der Waals surface area contributed by atoms with Crippen LogP contribution in [-0.2, 0) is 22.6 Å². The molecule has 9 heteroatoms. The summed E-state index contributed by atoms with van der Waals surface area (Å²) in [4.78, 5) is 45.8. The van der Waals surface area contributed by atoms with Crippen LogP contribution < -0.4 is 5.56 Å². The number of amides is 2. The number of aryl methyl sites for hydroxylation is 1. The van der Waals surface area contributed by atoms with Crippen molar-refractivity contribution in [2.75, 3.05) is 20.1 Å². The number of pyridine rings is 1. The molecule has 0 aromatic carbocycles. The van der Waals surface area contributed by atoms with Gasteiger partial charge in [-0.1, -0.05) is 18.1 Å². The van der Waals surface area contributed by atoms with Gasteiger partial charge in [0.1, 0.15) is 6.04 Å². The fourth-order valence-corrected chi connectivity index (χ4v) is 4.52. The second-order valence-electron chi connectivity index (χ2n) is 7.87. The minimum absolute atomic E-state index is 0.00938. The van der Waals surface area contributed by atoms with E-state index in [-0.39, 0.29) is 35.8 Å². The quantitative estimate of drug-likeness (QED) is 0.759. The molecule has 1 saturated heterocycles. The van der Waals surface area contributed by atoms with Crippen LogP contribution in [0.1, 0.15) is 49.6 Å². The van der Waals surface area contributed by atoms with Crippen LogP contribution in [0.15, 0.2) is 27.5 Å². The SMILES string of the molecule is CCc1nc(CN(C)C(=O)[C@H]2[C@H]3C[C@H](CN(C(C)=O)C3)c3cccc(=O)n32)no1. The number of piperidine rings is 1. The van der Waals surface area contributed by atoms with Crippen LogP contribution >= 0.6 is 0 Å². The lowest BCUT2D eigenvalue weighted by Crippen LogP contribution is -2.54. The van der Waals surface area contributed by atoms with E-state index in [2.05, 4.69) is 10.1 Å². The highest BCUT2D eigenvalue weighted by atomic mass is 16.5. The molecule has 3 atom stereocenters. The Morgan fingerprint density at radius 2 is 2.10 bits per heavy atom. The molecule has 29 heavy (non-hydrogen) atoms. The number of rotatable bonds is 4. The van der Waals surface area contributed by atoms with Gasteiger partial charge in [-0.15, -0.1) is 0 Å². The lowest BCUT2D eigenvalue weighted by Gasteiger charge is -2.46. The molecule has 2 aromatic rings. The summed E-state index contributed by atoms with van der Waals surface area (Å²) in [6.45, 7) is 4.71. The summed E-state index contributed by atoms with van der Waals surface area (Å²) in [5.74, 6) is 0.705. The third kappa shape index (κ3) is 3.45. The summed E-state index contributed by atoms with van der Waals surface area (Å²) in [6.07, 6.45) is 1.40. The highest BCUT2D eigenvalue weighted by Gasteiger charge is 2.45. The molecule has 0 N–H and O–H groups in total. The van der Waals surface area contributed by atoms with Gasteiger partial charge >= 0.3 is 0 Å². The van der Waals surface area contributed by atoms with Crippen LogP contribution in [0.4, 0.5) is 0 Å². The zero-order chi connectivity index (χ0) is 20.7. The molecule has 0 saturated carbocycles. The summed E-state index contributed by atoms with van der Waals surface area (Å²) in [5, 5.41) is 3.91. The topological polar surface area (TPSA) is 102 Å². The third-order valence-corrected chi connectivity index (χ3v) is 5.91. The summed E-state index contributed by atoms with van der Waals surface area (Å²) in [5.41, 5.74) is 0.632. The number of hydrogen-bond acceptors (Lipinski definition) is 6. The molecule has 2 aliphatic heterocycles. The summed E-state index contributed by atoms with van der Waals surface area (Å²) in [7, 11) is 1.68. The Morgan fingerprint density at radius 3 is 2.79 bits per heavy atom. The zero-order valence-corrected chi connectivity index (χ0v) is 16.9. The van der Waals surface area contributed by atoms with Crippen molar-refractivity contribution in [1.29, 1.82) is 0 Å². The van der Waals surface area contributed by atoms with E-state index in [0.717, 1.165) is 12.1 Å². The first kappa shape index (κ1) is 19.4. The highest BCUT2D eigenvalue weighted by Crippen LogP contribution is 2.41. The molecule has 2 bridgehead atoms. The molecular weight excluding hydrogens is 374 g/mol. The maximum absolute atomic E-state index is 13.4. The van der Waals surface area contributed by atoms with Gasteiger partial charge in [0.15, 0.2) is 5.82 Å². The molecule has 154 valence electrons. The Bertz CT molecular complexity index is 997. The normalized spacial score (nSPS) is 22.9. The molecule has 4 rings (SSSR count). The lowest BCUT2D eigenvalue weighted by atomic mass is 9.78. The van der Waals surface area contributed by atoms with Crippen molar-refractivity contribution in [3.63, 3.8) is 0 Å². The van der Waals surface area contributed by atoms with E-state index in [4.69, 9.17) is 4.52 Å². The molecule has 2 amide bonds. The maximum Gasteiger partial charge on any atom is 0.251 e. The van der Waals surface area contributed by atoms with Crippen LogP contribution in [0.25, 0.3) is 0 Å². The largest absolute Gasteiger partial charge is 0.342 e. The van der Waals surface area contributed by atoms with Gasteiger partial charge in [-0.2, -0.15) is 4.98 Å². The van der Waals surface area contributed by atoms with E-state index < -0.39 is 6.04 Å². The second-order valence-corrected chi connectivity index (χ2v) is 7.87. The van der Waals surface area contributed by atoms with E-state index in [0.29, 0.717) is 31.2 Å². The van der Waals surface area contributed by atoms with Gasteiger partial charge in [0, 0.05) is 57.1 Å². The van der Waals surface area contributed by atoms with Crippen molar-refractivity contribution < 1.29 is 14.1 Å². The fourth-order valence-electron chi connectivity index (χ4n) is 4.52. The van der Waals surface area contributed by atoms with Crippen molar-refractivity contribution in [2.45, 2.75) is 45.2 Å². The van der Waals surface area contributed by atoms with Gasteiger partial charge in [0.05, 0.1) is 6.54 Å². The number of nitrogens with zero attached hydrogens (tertiary/aromatic N) is 5. The van der Waals surface area contributed by atoms with Gasteiger partial charge in [-0.3, -0.25) is 19.0 Å². The van der Waals surface area contributed by atoms with Crippen molar-refractivity contribution >= 4 is 11.8 Å². The van der Waals surface area contributed by atoms with Crippen molar-refractivity contribution in [2.24, 2.45) is 5.92 Å². The number of carbonyl (C=O) groups is 2. The zero-order valence-electron chi connectivity index (χ0n) is 16.9. The number of hydrogen-bond donors (Lipinski definition) is 0. The summed E-state index contributed by atoms with van der Waals surface area (Å²) in [6, 6.07) is 4.44. The molecule has 0 spiro atoms. The number of aromatic nitrogens is 3. The first-order valence-corrected chi connectivity index (χ1v) is 9.92. The van der Waals surface area contributed by atoms with Crippen LogP contribution in [0.2, 0.25) is 0 Å². The molecule has 1 fully saturated rings. The van der Waals surface area contributed by atoms with Crippen LogP contribution in [0.3, 0.4) is 0 Å². The minimum atomic E-state index is -0.653. The molecule has 9 nitrogen and oxygen atoms in total. The Labute approximate surface area is 168 Å². The highest BCUT2D eigenvalue weighted by molar-refractivity contribution is 5.81. The predicted octanol–water partition coefficient (Wildman–Crippen LogP) is 0.959. The molecule has 4 heterocycles. The van der Waals surface area contributed by atoms with E-state index in [1.165, 1.54) is 11.0 Å². The first-order chi connectivity index (χ1) is 13.9. The molecule has 0 unspecified atom stereocenters. The van der Waals surface area contributed by atoms with Gasteiger partial charge in [-0.25, -0.2) is 0 Å². The van der Waals surface area contributed by atoms with Crippen LogP contribution in [-0.4, -0.2) is 56.5 Å². The first-order valence-electron chi connectivity index (χ1n) is 9.92. The minimum Gasteiger partial charge on any atom is -0.342 e. The monoisotopic (exact) mass is 399 g/mol. The smallest absolute Gasteiger partial charge is 0.251 e. The van der Waals surface area contributed by atoms with Crippen molar-refractivity contribution in [3.8, 4) is 0 Å². The van der Waals surface area contributed by atoms with Crippen LogP contribution in [0, 0.1) is 5.92 Å². The second kappa shape index (κ2) is 7.46. The van der Waals surface area contributed by atoms with E-state index in [1.54, 1.807) is 29.5 Å². The average molecular weight is 399 g/mol. The average Bonchev–Trinajstić information content (AvgIpc) is 3.16. The number of fused-ring (bicyclic) bond motifs is 4. The molecule has 2 aromatic heterocycles. The standard InChI is InChI=1S/C20H25N5O4/c1-4-17-21-16(22-29-17)11-23(3)20(28)19-14-8-13(9-24(10-14)12(2)26)15-6-5-7-18(27)25(15)19/h5-7,13-14,19H,4,8-11H2,1-3H3/t13-,14+,19-/m1/s1. The molecular formula is C20H25N5O4. The van der Waals surface area contributed by atoms with Gasteiger partial charge in [0.2, 0.25) is 17.7 Å². The molecule has 0 aliphatic carbocycles. The van der Waals surface area contributed by atoms with E-state index >= 15 is 0 Å². The van der Waals surface area contributed by atoms with Crippen molar-refractivity contribution in [1.82, 2.24) is 24.5 Å². The van der Waals surface area contributed by atoms with E-state index in [9.17, 15) is 14.4 Å². The fraction of sp³-hybridized carbons (Fsp3) is 0.550. The van der Waals surface area contributed by atoms with Crippen LogP contribution in [0.5, 0.6) is 0 Å². The number of likely N-dealkylation sites (tertiary alicyclic amines) is 1. The Morgan fingerprint density at radius 1 is 1.31 bits per heavy atom. The van der Waals surface area contributed by atoms with Gasteiger partial charge in [0.25, 0.3) is 5.56 Å². The third-order valence-electron chi connectivity index (χ3n) is 5.91. The Balaban J connectivity index is 1.67. The predicted molar refractivity (Wildman–Crippen MR) is 103 cm³/mol. The summed E-state index contributed by atoms with van der Waals surface area (Å²) < 4.78 is 6.75. The maximum atomic E-state index is 13.4. The number of likely N-dealkylation sites (N-methyl/N-ethyl adjacent to an activating group) is 1. The summed E-state index contributed by atoms with van der Waals surface area (Å²) >= 11 is 0. The van der Waals surface area contributed by atoms with E-state index in [1.807, 2.05) is 13.0 Å². The van der Waals surface area contributed by atoms with Gasteiger partial charge in [-0.05, 0) is 12.5 Å². The number of carbonyl (C=O) groups excluding carboxylic acids is 2. The molecule has 2 aliphatic rings. The Kier molecular flexibility index (Phi) is 4.97.